The maximum atomic E-state index is 10.6. The number of carboxylic acid groups (broad SMARTS) is 1. The van der Waals surface area contributed by atoms with Crippen LogP contribution in [-0.2, 0) is 9.36 Å². The molecule has 12 heavy (non-hydrogen) atoms. The summed E-state index contributed by atoms with van der Waals surface area (Å²) in [5.41, 5.74) is 4.00. The fourth-order valence-corrected chi connectivity index (χ4v) is 1.60. The van der Waals surface area contributed by atoms with E-state index in [9.17, 15) is 9.36 Å². The second-order valence-electron chi connectivity index (χ2n) is 2.30. The summed E-state index contributed by atoms with van der Waals surface area (Å²) in [5.74, 6) is -1.25. The molecule has 0 radical (unpaired) electrons. The molecule has 2 atom stereocenters. The summed E-state index contributed by atoms with van der Waals surface area (Å²) in [6.45, 7) is 3.38. The number of nitrogens with two attached hydrogens (primary N) is 1. The first-order valence-electron chi connectivity index (χ1n) is 3.35. The van der Waals surface area contributed by atoms with Crippen molar-refractivity contribution < 1.29 is 19.4 Å². The molecule has 0 saturated heterocycles. The first kappa shape index (κ1) is 11.4. The molecule has 0 spiro atoms. The monoisotopic (exact) mass is 193 g/mol. The third-order valence-electron chi connectivity index (χ3n) is 1.45. The van der Waals surface area contributed by atoms with Gasteiger partial charge in [0.1, 0.15) is 0 Å². The highest BCUT2D eigenvalue weighted by molar-refractivity contribution is 7.39. The Balaban J connectivity index is 4.40. The van der Waals surface area contributed by atoms with Gasteiger partial charge in [0, 0.05) is 5.57 Å². The van der Waals surface area contributed by atoms with Crippen molar-refractivity contribution in [1.82, 2.24) is 0 Å². The normalized spacial score (nSPS) is 15.2. The molecule has 6 heteroatoms. The Morgan fingerprint density at radius 2 is 2.17 bits per heavy atom. The van der Waals surface area contributed by atoms with Crippen LogP contribution in [0.15, 0.2) is 12.2 Å². The van der Waals surface area contributed by atoms with E-state index < -0.39 is 19.7 Å². The Kier molecular flexibility index (Phi) is 4.81. The zero-order chi connectivity index (χ0) is 9.72. The Hall–Kier alpha value is -0.640. The predicted molar refractivity (Wildman–Crippen MR) is 45.5 cm³/mol. The van der Waals surface area contributed by atoms with Gasteiger partial charge in [0.05, 0.1) is 5.66 Å². The molecule has 5 nitrogen and oxygen atoms in total. The van der Waals surface area contributed by atoms with E-state index in [4.69, 9.17) is 15.7 Å². The average Bonchev–Trinajstić information content (AvgIpc) is 1.98. The van der Waals surface area contributed by atoms with Gasteiger partial charge in [-0.05, 0) is 13.0 Å². The van der Waals surface area contributed by atoms with E-state index in [0.29, 0.717) is 0 Å². The van der Waals surface area contributed by atoms with Crippen molar-refractivity contribution in [3.8, 4) is 0 Å². The number of hydrogen-bond donors (Lipinski definition) is 3. The van der Waals surface area contributed by atoms with Crippen molar-refractivity contribution in [3.63, 3.8) is 0 Å². The van der Waals surface area contributed by atoms with Crippen LogP contribution in [0.5, 0.6) is 0 Å². The Labute approximate surface area is 70.8 Å². The van der Waals surface area contributed by atoms with Crippen molar-refractivity contribution in [2.45, 2.75) is 12.1 Å². The summed E-state index contributed by atoms with van der Waals surface area (Å²) < 4.78 is 10.6. The fraction of sp³-hybridized carbons (Fsp3) is 0.500. The van der Waals surface area contributed by atoms with Crippen LogP contribution in [0.1, 0.15) is 6.42 Å². The highest BCUT2D eigenvalue weighted by atomic mass is 31.1. The van der Waals surface area contributed by atoms with E-state index in [2.05, 4.69) is 6.58 Å². The molecule has 0 amide bonds. The molecule has 0 saturated carbocycles. The molecule has 0 aromatic rings. The SMILES string of the molecule is C=C(C(=O)O)C(CCN)[PH](=O)O. The van der Waals surface area contributed by atoms with Gasteiger partial charge in [-0.2, -0.15) is 0 Å². The summed E-state index contributed by atoms with van der Waals surface area (Å²) in [6.07, 6.45) is 0.180. The van der Waals surface area contributed by atoms with E-state index in [1.54, 1.807) is 0 Å². The minimum Gasteiger partial charge on any atom is -0.478 e. The lowest BCUT2D eigenvalue weighted by Gasteiger charge is -2.11. The van der Waals surface area contributed by atoms with Gasteiger partial charge >= 0.3 is 5.97 Å². The van der Waals surface area contributed by atoms with Gasteiger partial charge in [0.2, 0.25) is 0 Å². The molecule has 2 unspecified atom stereocenters. The molecule has 0 aliphatic carbocycles. The first-order valence-corrected chi connectivity index (χ1v) is 4.79. The molecule has 4 N–H and O–H groups in total. The minimum absolute atomic E-state index is 0.175. The number of hydrogen-bond acceptors (Lipinski definition) is 3. The number of carbonyl (C=O) groups is 1. The molecule has 0 aliphatic rings. The average molecular weight is 193 g/mol. The van der Waals surface area contributed by atoms with Gasteiger partial charge in [0.15, 0.2) is 8.03 Å². The summed E-state index contributed by atoms with van der Waals surface area (Å²) in [7, 11) is -2.89. The van der Waals surface area contributed by atoms with Crippen molar-refractivity contribution in [3.05, 3.63) is 12.2 Å². The smallest absolute Gasteiger partial charge is 0.331 e. The summed E-state index contributed by atoms with van der Waals surface area (Å²) in [6, 6.07) is 0. The lowest BCUT2D eigenvalue weighted by Crippen LogP contribution is -2.17. The Morgan fingerprint density at radius 1 is 1.67 bits per heavy atom. The third-order valence-corrected chi connectivity index (χ3v) is 2.68. The zero-order valence-corrected chi connectivity index (χ0v) is 7.49. The summed E-state index contributed by atoms with van der Waals surface area (Å²) in [4.78, 5) is 19.1. The summed E-state index contributed by atoms with van der Waals surface area (Å²) in [5, 5.41) is 8.45. The van der Waals surface area contributed by atoms with Gasteiger partial charge in [-0.15, -0.1) is 0 Å². The molecule has 70 valence electrons. The standard InChI is InChI=1S/C6H12NO4P/c1-4(6(8)9)5(2-3-7)12(10)11/h5,12H,1-3,7H2,(H,8,9)(H,10,11). The summed E-state index contributed by atoms with van der Waals surface area (Å²) >= 11 is 0. The highest BCUT2D eigenvalue weighted by Gasteiger charge is 2.21. The molecular formula is C6H12NO4P. The van der Waals surface area contributed by atoms with E-state index >= 15 is 0 Å². The second kappa shape index (κ2) is 5.09. The Morgan fingerprint density at radius 3 is 2.42 bits per heavy atom. The van der Waals surface area contributed by atoms with Gasteiger partial charge in [-0.1, -0.05) is 6.58 Å². The molecule has 0 aromatic carbocycles. The van der Waals surface area contributed by atoms with Crippen LogP contribution in [0.25, 0.3) is 0 Å². The van der Waals surface area contributed by atoms with E-state index in [0.717, 1.165) is 0 Å². The molecular weight excluding hydrogens is 181 g/mol. The maximum Gasteiger partial charge on any atom is 0.331 e. The van der Waals surface area contributed by atoms with E-state index in [-0.39, 0.29) is 18.5 Å². The maximum absolute atomic E-state index is 10.6. The third kappa shape index (κ3) is 3.17. The molecule has 0 rings (SSSR count). The zero-order valence-electron chi connectivity index (χ0n) is 6.49. The topological polar surface area (TPSA) is 101 Å². The first-order chi connectivity index (χ1) is 5.50. The minimum atomic E-state index is -2.89. The van der Waals surface area contributed by atoms with Crippen LogP contribution in [0.2, 0.25) is 0 Å². The van der Waals surface area contributed by atoms with Crippen LogP contribution in [0.4, 0.5) is 0 Å². The number of aliphatic carboxylic acids is 1. The van der Waals surface area contributed by atoms with Crippen molar-refractivity contribution in [1.29, 1.82) is 0 Å². The fourth-order valence-electron chi connectivity index (χ4n) is 0.762. The van der Waals surface area contributed by atoms with Crippen molar-refractivity contribution in [2.24, 2.45) is 5.73 Å². The largest absolute Gasteiger partial charge is 0.478 e. The molecule has 0 bridgehead atoms. The quantitative estimate of drug-likeness (QED) is 0.415. The van der Waals surface area contributed by atoms with Crippen molar-refractivity contribution in [2.75, 3.05) is 6.54 Å². The van der Waals surface area contributed by atoms with Crippen LogP contribution < -0.4 is 5.73 Å². The van der Waals surface area contributed by atoms with E-state index in [1.807, 2.05) is 0 Å². The molecule has 0 heterocycles. The van der Waals surface area contributed by atoms with Crippen LogP contribution in [0, 0.1) is 0 Å². The highest BCUT2D eigenvalue weighted by Crippen LogP contribution is 2.30. The Bertz CT molecular complexity index is 216. The van der Waals surface area contributed by atoms with Gasteiger partial charge in [0.25, 0.3) is 0 Å². The molecule has 0 aliphatic heterocycles. The second-order valence-corrected chi connectivity index (χ2v) is 3.67. The van der Waals surface area contributed by atoms with Gasteiger partial charge in [-0.25, -0.2) is 4.79 Å². The van der Waals surface area contributed by atoms with E-state index in [1.165, 1.54) is 0 Å². The molecule has 0 fully saturated rings. The van der Waals surface area contributed by atoms with Crippen LogP contribution in [0.3, 0.4) is 0 Å². The van der Waals surface area contributed by atoms with Gasteiger partial charge in [-0.3, -0.25) is 4.57 Å². The van der Waals surface area contributed by atoms with Crippen LogP contribution >= 0.6 is 8.03 Å². The van der Waals surface area contributed by atoms with Crippen molar-refractivity contribution >= 4 is 14.0 Å². The number of carboxylic acids is 1. The predicted octanol–water partition coefficient (Wildman–Crippen LogP) is -0.188. The van der Waals surface area contributed by atoms with Crippen LogP contribution in [-0.4, -0.2) is 28.2 Å². The molecule has 0 aromatic heterocycles. The lowest BCUT2D eigenvalue weighted by molar-refractivity contribution is -0.132. The number of rotatable bonds is 5. The lowest BCUT2D eigenvalue weighted by atomic mass is 10.1. The van der Waals surface area contributed by atoms with Gasteiger partial charge < -0.3 is 15.7 Å².